The van der Waals surface area contributed by atoms with Crippen LogP contribution in [0.1, 0.15) is 12.8 Å². The molecule has 9 heteroatoms. The lowest BCUT2D eigenvalue weighted by Crippen LogP contribution is -2.44. The van der Waals surface area contributed by atoms with Crippen LogP contribution in [0.5, 0.6) is 5.88 Å². The van der Waals surface area contributed by atoms with Crippen LogP contribution in [-0.2, 0) is 10.0 Å². The number of rotatable bonds is 5. The van der Waals surface area contributed by atoms with Gasteiger partial charge in [0.15, 0.2) is 5.82 Å². The molecule has 1 aromatic carbocycles. The fraction of sp³-hybridized carbons (Fsp3) is 0.412. The van der Waals surface area contributed by atoms with Gasteiger partial charge in [0.25, 0.3) is 5.88 Å². The van der Waals surface area contributed by atoms with Gasteiger partial charge in [-0.15, -0.1) is 0 Å². The minimum Gasteiger partial charge on any atom is -0.470 e. The largest absolute Gasteiger partial charge is 0.470 e. The number of anilines is 1. The van der Waals surface area contributed by atoms with Crippen molar-refractivity contribution in [1.82, 2.24) is 14.3 Å². The van der Waals surface area contributed by atoms with Crippen molar-refractivity contribution in [2.45, 2.75) is 23.8 Å². The Morgan fingerprint density at radius 3 is 2.58 bits per heavy atom. The first-order chi connectivity index (χ1) is 12.4. The summed E-state index contributed by atoms with van der Waals surface area (Å²) >= 11 is 3.33. The SMILES string of the molecule is CN(C)c1nccnc1OC1CCCN(S(=O)(=O)c2ccc(Br)cc2)C1. The van der Waals surface area contributed by atoms with Gasteiger partial charge in [0.05, 0.1) is 11.4 Å². The number of piperidine rings is 1. The Kier molecular flexibility index (Phi) is 5.79. The summed E-state index contributed by atoms with van der Waals surface area (Å²) in [6, 6.07) is 6.68. The zero-order chi connectivity index (χ0) is 18.7. The van der Waals surface area contributed by atoms with E-state index in [0.717, 1.165) is 17.3 Å². The lowest BCUT2D eigenvalue weighted by atomic mass is 10.1. The summed E-state index contributed by atoms with van der Waals surface area (Å²) in [5.74, 6) is 1.05. The second-order valence-corrected chi connectivity index (χ2v) is 9.13. The normalized spacial score (nSPS) is 18.5. The first-order valence-electron chi connectivity index (χ1n) is 8.28. The zero-order valence-electron chi connectivity index (χ0n) is 14.7. The van der Waals surface area contributed by atoms with E-state index in [4.69, 9.17) is 4.74 Å². The second kappa shape index (κ2) is 7.89. The summed E-state index contributed by atoms with van der Waals surface area (Å²) < 4.78 is 34.1. The Labute approximate surface area is 162 Å². The smallest absolute Gasteiger partial charge is 0.257 e. The number of nitrogens with zero attached hydrogens (tertiary/aromatic N) is 4. The van der Waals surface area contributed by atoms with Gasteiger partial charge >= 0.3 is 0 Å². The summed E-state index contributed by atoms with van der Waals surface area (Å²) in [6.07, 6.45) is 4.42. The van der Waals surface area contributed by atoms with Crippen LogP contribution in [-0.4, -0.2) is 56.0 Å². The Balaban J connectivity index is 1.76. The maximum atomic E-state index is 12.9. The molecular weight excluding hydrogens is 420 g/mol. The minimum atomic E-state index is -3.54. The van der Waals surface area contributed by atoms with Crippen LogP contribution >= 0.6 is 15.9 Å². The topological polar surface area (TPSA) is 75.6 Å². The lowest BCUT2D eigenvalue weighted by Gasteiger charge is -2.32. The highest BCUT2D eigenvalue weighted by Crippen LogP contribution is 2.27. The highest BCUT2D eigenvalue weighted by Gasteiger charge is 2.31. The molecule has 0 amide bonds. The van der Waals surface area contributed by atoms with Crippen molar-refractivity contribution in [2.75, 3.05) is 32.1 Å². The van der Waals surface area contributed by atoms with Crippen molar-refractivity contribution in [1.29, 1.82) is 0 Å². The molecule has 140 valence electrons. The standard InChI is InChI=1S/C17H21BrN4O3S/c1-21(2)16-17(20-10-9-19-16)25-14-4-3-11-22(12-14)26(23,24)15-7-5-13(18)6-8-15/h5-10,14H,3-4,11-12H2,1-2H3. The first-order valence-corrected chi connectivity index (χ1v) is 10.5. The molecule has 1 unspecified atom stereocenters. The summed E-state index contributed by atoms with van der Waals surface area (Å²) in [4.78, 5) is 10.6. The summed E-state index contributed by atoms with van der Waals surface area (Å²) in [5.41, 5.74) is 0. The quantitative estimate of drug-likeness (QED) is 0.710. The van der Waals surface area contributed by atoms with Crippen molar-refractivity contribution in [2.24, 2.45) is 0 Å². The minimum absolute atomic E-state index is 0.260. The van der Waals surface area contributed by atoms with Crippen LogP contribution in [0.3, 0.4) is 0 Å². The van der Waals surface area contributed by atoms with Crippen LogP contribution in [0.25, 0.3) is 0 Å². The molecule has 1 aliphatic heterocycles. The Hall–Kier alpha value is -1.71. The molecule has 7 nitrogen and oxygen atoms in total. The fourth-order valence-electron chi connectivity index (χ4n) is 2.84. The molecule has 1 aliphatic rings. The van der Waals surface area contributed by atoms with Crippen molar-refractivity contribution in [3.8, 4) is 5.88 Å². The van der Waals surface area contributed by atoms with E-state index in [-0.39, 0.29) is 11.0 Å². The van der Waals surface area contributed by atoms with Gasteiger partial charge in [0.2, 0.25) is 10.0 Å². The number of sulfonamides is 1. The molecule has 1 atom stereocenters. The molecule has 0 saturated carbocycles. The predicted octanol–water partition coefficient (Wildman–Crippen LogP) is 2.54. The molecule has 0 radical (unpaired) electrons. The van der Waals surface area contributed by atoms with Crippen LogP contribution in [0, 0.1) is 0 Å². The molecule has 0 N–H and O–H groups in total. The Morgan fingerprint density at radius 2 is 1.88 bits per heavy atom. The van der Waals surface area contributed by atoms with E-state index < -0.39 is 10.0 Å². The van der Waals surface area contributed by atoms with Gasteiger partial charge in [0.1, 0.15) is 6.10 Å². The molecule has 1 saturated heterocycles. The number of halogens is 1. The van der Waals surface area contributed by atoms with E-state index in [1.807, 2.05) is 19.0 Å². The molecule has 0 bridgehead atoms. The third-order valence-electron chi connectivity index (χ3n) is 4.14. The molecule has 2 heterocycles. The average Bonchev–Trinajstić information content (AvgIpc) is 2.62. The summed E-state index contributed by atoms with van der Waals surface area (Å²) in [6.45, 7) is 0.779. The number of aromatic nitrogens is 2. The van der Waals surface area contributed by atoms with Gasteiger partial charge < -0.3 is 9.64 Å². The Bertz CT molecular complexity index is 859. The Morgan fingerprint density at radius 1 is 1.19 bits per heavy atom. The zero-order valence-corrected chi connectivity index (χ0v) is 17.1. The van der Waals surface area contributed by atoms with Crippen LogP contribution in [0.4, 0.5) is 5.82 Å². The number of hydrogen-bond acceptors (Lipinski definition) is 6. The van der Waals surface area contributed by atoms with Crippen molar-refractivity contribution < 1.29 is 13.2 Å². The van der Waals surface area contributed by atoms with E-state index >= 15 is 0 Å². The summed E-state index contributed by atoms with van der Waals surface area (Å²) in [5, 5.41) is 0. The average molecular weight is 441 g/mol. The summed E-state index contributed by atoms with van der Waals surface area (Å²) in [7, 11) is 0.182. The van der Waals surface area contributed by atoms with E-state index in [2.05, 4.69) is 25.9 Å². The monoisotopic (exact) mass is 440 g/mol. The molecule has 3 rings (SSSR count). The highest BCUT2D eigenvalue weighted by atomic mass is 79.9. The molecule has 26 heavy (non-hydrogen) atoms. The maximum Gasteiger partial charge on any atom is 0.257 e. The van der Waals surface area contributed by atoms with Crippen LogP contribution < -0.4 is 9.64 Å². The molecular formula is C17H21BrN4O3S. The van der Waals surface area contributed by atoms with Gasteiger partial charge in [-0.2, -0.15) is 4.31 Å². The van der Waals surface area contributed by atoms with E-state index in [1.165, 1.54) is 4.31 Å². The fourth-order valence-corrected chi connectivity index (χ4v) is 4.62. The van der Waals surface area contributed by atoms with E-state index in [1.54, 1.807) is 36.7 Å². The van der Waals surface area contributed by atoms with E-state index in [9.17, 15) is 8.42 Å². The number of benzene rings is 1. The van der Waals surface area contributed by atoms with Gasteiger partial charge in [-0.1, -0.05) is 15.9 Å². The maximum absolute atomic E-state index is 12.9. The van der Waals surface area contributed by atoms with Gasteiger partial charge in [-0.3, -0.25) is 0 Å². The molecule has 1 fully saturated rings. The molecule has 0 spiro atoms. The van der Waals surface area contributed by atoms with Crippen molar-refractivity contribution in [3.05, 3.63) is 41.1 Å². The van der Waals surface area contributed by atoms with Crippen LogP contribution in [0.2, 0.25) is 0 Å². The second-order valence-electron chi connectivity index (χ2n) is 6.28. The predicted molar refractivity (Wildman–Crippen MR) is 103 cm³/mol. The van der Waals surface area contributed by atoms with Crippen LogP contribution in [0.15, 0.2) is 46.0 Å². The molecule has 2 aromatic rings. The number of hydrogen-bond donors (Lipinski definition) is 0. The number of ether oxygens (including phenoxy) is 1. The molecule has 1 aromatic heterocycles. The van der Waals surface area contributed by atoms with Crippen molar-refractivity contribution >= 4 is 31.8 Å². The van der Waals surface area contributed by atoms with E-state index in [0.29, 0.717) is 24.8 Å². The van der Waals surface area contributed by atoms with Crippen molar-refractivity contribution in [3.63, 3.8) is 0 Å². The highest BCUT2D eigenvalue weighted by molar-refractivity contribution is 9.10. The third-order valence-corrected chi connectivity index (χ3v) is 6.55. The van der Waals surface area contributed by atoms with Gasteiger partial charge in [-0.05, 0) is 37.1 Å². The first kappa shape index (κ1) is 19.1. The lowest BCUT2D eigenvalue weighted by molar-refractivity contribution is 0.125. The third kappa shape index (κ3) is 4.16. The van der Waals surface area contributed by atoms with Gasteiger partial charge in [0, 0.05) is 37.5 Å². The van der Waals surface area contributed by atoms with Gasteiger partial charge in [-0.25, -0.2) is 18.4 Å². The molecule has 0 aliphatic carbocycles.